The first-order chi connectivity index (χ1) is 9.09. The van der Waals surface area contributed by atoms with Crippen LogP contribution in [-0.4, -0.2) is 12.2 Å². The second-order valence-corrected chi connectivity index (χ2v) is 5.54. The highest BCUT2D eigenvalue weighted by Crippen LogP contribution is 2.40. The zero-order valence-electron chi connectivity index (χ0n) is 11.9. The lowest BCUT2D eigenvalue weighted by atomic mass is 9.77. The average Bonchev–Trinajstić information content (AvgIpc) is 2.42. The first kappa shape index (κ1) is 14.5. The molecule has 1 fully saturated rings. The predicted molar refractivity (Wildman–Crippen MR) is 75.5 cm³/mol. The van der Waals surface area contributed by atoms with Crippen molar-refractivity contribution in [3.05, 3.63) is 35.1 Å². The Morgan fingerprint density at radius 3 is 2.58 bits per heavy atom. The number of halogens is 1. The fraction of sp³-hybridized carbons (Fsp3) is 0.625. The summed E-state index contributed by atoms with van der Waals surface area (Å²) >= 11 is 0. The van der Waals surface area contributed by atoms with Gasteiger partial charge in [0.15, 0.2) is 0 Å². The summed E-state index contributed by atoms with van der Waals surface area (Å²) in [4.78, 5) is 0. The Hall–Kier alpha value is -0.930. The predicted octanol–water partition coefficient (Wildman–Crippen LogP) is 3.87. The largest absolute Gasteiger partial charge is 0.373 e. The van der Waals surface area contributed by atoms with E-state index in [1.807, 2.05) is 13.0 Å². The third-order valence-electron chi connectivity index (χ3n) is 4.25. The van der Waals surface area contributed by atoms with Crippen molar-refractivity contribution in [2.75, 3.05) is 6.61 Å². The second kappa shape index (κ2) is 6.02. The summed E-state index contributed by atoms with van der Waals surface area (Å²) in [7, 11) is 0. The molecule has 0 radical (unpaired) electrons. The quantitative estimate of drug-likeness (QED) is 0.896. The Bertz CT molecular complexity index is 421. The van der Waals surface area contributed by atoms with E-state index < -0.39 is 0 Å². The van der Waals surface area contributed by atoms with Gasteiger partial charge in [-0.05, 0) is 43.9 Å². The lowest BCUT2D eigenvalue weighted by molar-refractivity contribution is -0.0831. The summed E-state index contributed by atoms with van der Waals surface area (Å²) in [5.41, 5.74) is 7.61. The van der Waals surface area contributed by atoms with E-state index in [4.69, 9.17) is 10.5 Å². The molecule has 2 nitrogen and oxygen atoms in total. The SMILES string of the molecule is CCOC1(C(N)c2ccc(C)c(F)c2)CCCCC1. The zero-order valence-corrected chi connectivity index (χ0v) is 11.9. The number of aryl methyl sites for hydroxylation is 1. The van der Waals surface area contributed by atoms with Crippen LogP contribution >= 0.6 is 0 Å². The van der Waals surface area contributed by atoms with Gasteiger partial charge in [0.25, 0.3) is 0 Å². The first-order valence-corrected chi connectivity index (χ1v) is 7.24. The summed E-state index contributed by atoms with van der Waals surface area (Å²) in [6.07, 6.45) is 5.46. The molecule has 3 heteroatoms. The maximum atomic E-state index is 13.7. The van der Waals surface area contributed by atoms with Crippen LogP contribution in [0.4, 0.5) is 4.39 Å². The number of hydrogen-bond acceptors (Lipinski definition) is 2. The Morgan fingerprint density at radius 2 is 2.00 bits per heavy atom. The Morgan fingerprint density at radius 1 is 1.32 bits per heavy atom. The number of hydrogen-bond donors (Lipinski definition) is 1. The molecule has 2 rings (SSSR count). The van der Waals surface area contributed by atoms with Gasteiger partial charge in [0, 0.05) is 6.61 Å². The van der Waals surface area contributed by atoms with Gasteiger partial charge in [0.05, 0.1) is 11.6 Å². The van der Waals surface area contributed by atoms with Crippen molar-refractivity contribution in [2.24, 2.45) is 5.73 Å². The topological polar surface area (TPSA) is 35.2 Å². The Kier molecular flexibility index (Phi) is 4.58. The minimum absolute atomic E-state index is 0.185. The molecule has 19 heavy (non-hydrogen) atoms. The average molecular weight is 265 g/mol. The lowest BCUT2D eigenvalue weighted by Gasteiger charge is -2.42. The Balaban J connectivity index is 2.27. The van der Waals surface area contributed by atoms with Crippen molar-refractivity contribution in [1.82, 2.24) is 0 Å². The molecule has 0 spiro atoms. The van der Waals surface area contributed by atoms with Gasteiger partial charge >= 0.3 is 0 Å². The van der Waals surface area contributed by atoms with Gasteiger partial charge in [-0.1, -0.05) is 31.4 Å². The molecule has 1 aliphatic rings. The smallest absolute Gasteiger partial charge is 0.126 e. The van der Waals surface area contributed by atoms with Gasteiger partial charge in [0.1, 0.15) is 5.82 Å². The highest BCUT2D eigenvalue weighted by molar-refractivity contribution is 5.27. The summed E-state index contributed by atoms with van der Waals surface area (Å²) in [5, 5.41) is 0. The molecule has 1 aromatic rings. The molecular formula is C16H24FNO. The lowest BCUT2D eigenvalue weighted by Crippen LogP contribution is -2.45. The normalized spacial score (nSPS) is 20.2. The van der Waals surface area contributed by atoms with Gasteiger partial charge in [-0.25, -0.2) is 4.39 Å². The standard InChI is InChI=1S/C16H24FNO/c1-3-19-16(9-5-4-6-10-16)15(18)13-8-7-12(2)14(17)11-13/h7-8,11,15H,3-6,9-10,18H2,1-2H3. The maximum Gasteiger partial charge on any atom is 0.126 e. The molecule has 0 aliphatic heterocycles. The van der Waals surface area contributed by atoms with Crippen molar-refractivity contribution in [3.8, 4) is 0 Å². The van der Waals surface area contributed by atoms with Crippen LogP contribution in [0.5, 0.6) is 0 Å². The van der Waals surface area contributed by atoms with Crippen molar-refractivity contribution in [3.63, 3.8) is 0 Å². The third kappa shape index (κ3) is 2.98. The van der Waals surface area contributed by atoms with Gasteiger partial charge in [-0.15, -0.1) is 0 Å². The molecule has 0 saturated heterocycles. The highest BCUT2D eigenvalue weighted by atomic mass is 19.1. The van der Waals surface area contributed by atoms with Crippen LogP contribution in [0.15, 0.2) is 18.2 Å². The number of ether oxygens (including phenoxy) is 1. The van der Waals surface area contributed by atoms with Crippen LogP contribution in [-0.2, 0) is 4.74 Å². The van der Waals surface area contributed by atoms with E-state index in [0.29, 0.717) is 12.2 Å². The van der Waals surface area contributed by atoms with Gasteiger partial charge in [-0.3, -0.25) is 0 Å². The molecule has 0 amide bonds. The first-order valence-electron chi connectivity index (χ1n) is 7.24. The molecule has 0 aromatic heterocycles. The van der Waals surface area contributed by atoms with E-state index in [9.17, 15) is 4.39 Å². The molecule has 0 heterocycles. The van der Waals surface area contributed by atoms with Crippen LogP contribution in [0.1, 0.15) is 56.2 Å². The molecule has 106 valence electrons. The number of nitrogens with two attached hydrogens (primary N) is 1. The van der Waals surface area contributed by atoms with Crippen LogP contribution in [0.25, 0.3) is 0 Å². The van der Waals surface area contributed by atoms with Gasteiger partial charge in [0.2, 0.25) is 0 Å². The van der Waals surface area contributed by atoms with Crippen molar-refractivity contribution < 1.29 is 9.13 Å². The van der Waals surface area contributed by atoms with Crippen LogP contribution in [0.3, 0.4) is 0 Å². The molecule has 2 N–H and O–H groups in total. The second-order valence-electron chi connectivity index (χ2n) is 5.54. The molecule has 1 atom stereocenters. The summed E-state index contributed by atoms with van der Waals surface area (Å²) < 4.78 is 19.7. The highest BCUT2D eigenvalue weighted by Gasteiger charge is 2.39. The zero-order chi connectivity index (χ0) is 13.9. The van der Waals surface area contributed by atoms with Gasteiger partial charge in [-0.2, -0.15) is 0 Å². The van der Waals surface area contributed by atoms with Crippen LogP contribution in [0.2, 0.25) is 0 Å². The van der Waals surface area contributed by atoms with E-state index in [0.717, 1.165) is 31.2 Å². The van der Waals surface area contributed by atoms with Crippen molar-refractivity contribution in [1.29, 1.82) is 0 Å². The summed E-state index contributed by atoms with van der Waals surface area (Å²) in [6, 6.07) is 5.05. The number of rotatable bonds is 4. The molecule has 1 aliphatic carbocycles. The van der Waals surface area contributed by atoms with E-state index in [1.165, 1.54) is 6.42 Å². The third-order valence-corrected chi connectivity index (χ3v) is 4.25. The molecular weight excluding hydrogens is 241 g/mol. The van der Waals surface area contributed by atoms with Gasteiger partial charge < -0.3 is 10.5 Å². The maximum absolute atomic E-state index is 13.7. The summed E-state index contributed by atoms with van der Waals surface area (Å²) in [6.45, 7) is 4.42. The van der Waals surface area contributed by atoms with Crippen molar-refractivity contribution in [2.45, 2.75) is 57.6 Å². The fourth-order valence-electron chi connectivity index (χ4n) is 3.09. The molecule has 1 saturated carbocycles. The minimum atomic E-state index is -0.311. The molecule has 0 bridgehead atoms. The Labute approximate surface area is 115 Å². The molecule has 1 aromatic carbocycles. The van der Waals surface area contributed by atoms with E-state index in [1.54, 1.807) is 19.1 Å². The monoisotopic (exact) mass is 265 g/mol. The van der Waals surface area contributed by atoms with Crippen molar-refractivity contribution >= 4 is 0 Å². The fourth-order valence-corrected chi connectivity index (χ4v) is 3.09. The van der Waals surface area contributed by atoms with E-state index >= 15 is 0 Å². The van der Waals surface area contributed by atoms with Crippen LogP contribution in [0, 0.1) is 12.7 Å². The molecule has 1 unspecified atom stereocenters. The van der Waals surface area contributed by atoms with E-state index in [2.05, 4.69) is 0 Å². The number of benzene rings is 1. The van der Waals surface area contributed by atoms with Crippen LogP contribution < -0.4 is 5.73 Å². The minimum Gasteiger partial charge on any atom is -0.373 e. The van der Waals surface area contributed by atoms with E-state index in [-0.39, 0.29) is 17.5 Å². The summed E-state index contributed by atoms with van der Waals surface area (Å²) in [5.74, 6) is -0.185.